The summed E-state index contributed by atoms with van der Waals surface area (Å²) in [7, 11) is 0. The molecular weight excluding hydrogens is 683 g/mol. The fourth-order valence-corrected chi connectivity index (χ4v) is 5.40. The molecule has 0 aliphatic rings. The van der Waals surface area contributed by atoms with Gasteiger partial charge in [-0.3, -0.25) is 0 Å². The first-order chi connectivity index (χ1) is 20.9. The van der Waals surface area contributed by atoms with E-state index in [9.17, 15) is 0 Å². The Kier molecular flexibility index (Phi) is 15.9. The van der Waals surface area contributed by atoms with Gasteiger partial charge in [0, 0.05) is 0 Å². The van der Waals surface area contributed by atoms with Crippen molar-refractivity contribution in [1.82, 2.24) is 0 Å². The molecule has 0 fully saturated rings. The molecule has 7 rings (SSSR count). The first-order valence-corrected chi connectivity index (χ1v) is 18.7. The molecule has 2 radical (unpaired) electrons. The zero-order valence-electron chi connectivity index (χ0n) is 26.3. The van der Waals surface area contributed by atoms with Gasteiger partial charge < -0.3 is 0 Å². The van der Waals surface area contributed by atoms with Gasteiger partial charge in [-0.15, -0.1) is 105 Å². The topological polar surface area (TPSA) is 0 Å². The van der Waals surface area contributed by atoms with E-state index >= 15 is 0 Å². The quantitative estimate of drug-likeness (QED) is 0.123. The molecule has 0 aliphatic carbocycles. The molecule has 0 bridgehead atoms. The molecule has 0 atom stereocenters. The minimum atomic E-state index is 0. The second-order valence-electron chi connectivity index (χ2n) is 10.8. The van der Waals surface area contributed by atoms with Crippen molar-refractivity contribution in [2.75, 3.05) is 0 Å². The number of hydrogen-bond acceptors (Lipinski definition) is 0. The summed E-state index contributed by atoms with van der Waals surface area (Å²) in [6.45, 7) is 15.5. The summed E-state index contributed by atoms with van der Waals surface area (Å²) in [4.78, 5) is 0. The number of aryl methyl sites for hydroxylation is 4. The van der Waals surface area contributed by atoms with E-state index in [1.54, 1.807) is 0 Å². The van der Waals surface area contributed by atoms with Crippen molar-refractivity contribution < 1.29 is 23.3 Å². The zero-order valence-corrected chi connectivity index (χ0v) is 31.4. The van der Waals surface area contributed by atoms with Crippen molar-refractivity contribution in [3.8, 4) is 22.3 Å². The Morgan fingerprint density at radius 3 is 1.13 bits per heavy atom. The van der Waals surface area contributed by atoms with Crippen molar-refractivity contribution in [2.24, 2.45) is 0 Å². The Labute approximate surface area is 298 Å². The molecule has 0 saturated heterocycles. The van der Waals surface area contributed by atoms with Gasteiger partial charge in [0.25, 0.3) is 0 Å². The van der Waals surface area contributed by atoms with Crippen LogP contribution < -0.4 is 0 Å². The van der Waals surface area contributed by atoms with Crippen LogP contribution in [0, 0.1) is 34.6 Å². The summed E-state index contributed by atoms with van der Waals surface area (Å²) >= 11 is 1.36. The monoisotopic (exact) mass is 719 g/mol. The molecule has 7 aromatic rings. The third-order valence-electron chi connectivity index (χ3n) is 7.51. The molecule has 0 nitrogen and oxygen atoms in total. The van der Waals surface area contributed by atoms with E-state index < -0.39 is 0 Å². The Bertz CT molecular complexity index is 1770. The van der Waals surface area contributed by atoms with E-state index in [1.165, 1.54) is 89.4 Å². The normalized spacial score (nSPS) is 9.67. The van der Waals surface area contributed by atoms with Gasteiger partial charge in [-0.25, -0.2) is 0 Å². The van der Waals surface area contributed by atoms with Crippen molar-refractivity contribution in [1.29, 1.82) is 0 Å². The number of fused-ring (bicyclic) bond motifs is 2. The van der Waals surface area contributed by atoms with Crippen molar-refractivity contribution >= 4 is 53.2 Å². The van der Waals surface area contributed by atoms with Crippen LogP contribution in [0.2, 0.25) is 0 Å². The van der Waals surface area contributed by atoms with Gasteiger partial charge in [0.05, 0.1) is 0 Å². The third kappa shape index (κ3) is 9.93. The molecule has 4 heteroatoms. The van der Waals surface area contributed by atoms with Crippen LogP contribution in [-0.2, 0) is 23.3 Å². The maximum absolute atomic E-state index is 3.72. The predicted octanol–water partition coefficient (Wildman–Crippen LogP) is 12.0. The van der Waals surface area contributed by atoms with Crippen LogP contribution in [0.4, 0.5) is 0 Å². The molecule has 228 valence electrons. The first kappa shape index (κ1) is 38.1. The summed E-state index contributed by atoms with van der Waals surface area (Å²) in [6, 6.07) is 49.1. The average Bonchev–Trinajstić information content (AvgIpc) is 3.64. The van der Waals surface area contributed by atoms with Crippen LogP contribution >= 0.6 is 24.8 Å². The van der Waals surface area contributed by atoms with Crippen LogP contribution in [0.15, 0.2) is 140 Å². The van der Waals surface area contributed by atoms with Gasteiger partial charge in [0.2, 0.25) is 0 Å². The zero-order chi connectivity index (χ0) is 30.8. The van der Waals surface area contributed by atoms with Crippen molar-refractivity contribution in [2.45, 2.75) is 27.7 Å². The van der Waals surface area contributed by atoms with Crippen molar-refractivity contribution in [3.63, 3.8) is 0 Å². The van der Waals surface area contributed by atoms with E-state index in [0.29, 0.717) is 0 Å². The van der Waals surface area contributed by atoms with Crippen LogP contribution in [0.5, 0.6) is 0 Å². The average molecular weight is 722 g/mol. The molecule has 0 saturated carbocycles. The van der Waals surface area contributed by atoms with E-state index in [1.807, 2.05) is 30.3 Å². The first-order valence-electron chi connectivity index (χ1n) is 14.5. The molecule has 0 aromatic heterocycles. The van der Waals surface area contributed by atoms with E-state index in [-0.39, 0.29) is 24.8 Å². The van der Waals surface area contributed by atoms with Gasteiger partial charge in [-0.05, 0) is 11.1 Å². The van der Waals surface area contributed by atoms with Gasteiger partial charge >= 0.3 is 30.2 Å². The predicted molar refractivity (Wildman–Crippen MR) is 200 cm³/mol. The fraction of sp³-hybridized carbons (Fsp3) is 0.0976. The molecule has 0 aliphatic heterocycles. The maximum atomic E-state index is 3.72. The molecule has 7 aromatic carbocycles. The number of benzene rings is 5. The van der Waals surface area contributed by atoms with E-state index in [2.05, 4.69) is 151 Å². The van der Waals surface area contributed by atoms with E-state index in [4.69, 9.17) is 0 Å². The summed E-state index contributed by atoms with van der Waals surface area (Å²) in [5.41, 5.74) is 11.7. The molecule has 0 unspecified atom stereocenters. The SMILES string of the molecule is Cc1cc2c(-c3ccccc3)ccc(C)c2[cH-]1.Cc1cc2c(-c3ccccc3)ccc(C)c2[cH-]1.Cl.Cl.[CH2-]c1ccccc1.[Si]=[Zr]. The standard InChI is InChI=1S/2C17H15.C7H7.2ClH.Si.Zr/c2*1-12-10-16-13(2)8-9-15(17(16)11-12)14-6-4-3-5-7-14;1-7-5-3-2-4-6-7;;;;/h2*3-11H,1-2H3;2-6H,1H2;2*1H;;/q3*-1;;;;. The molecule has 0 spiro atoms. The minimum absolute atomic E-state index is 0. The number of hydrogen-bond donors (Lipinski definition) is 0. The van der Waals surface area contributed by atoms with Crippen molar-refractivity contribution in [3.05, 3.63) is 174 Å². The fourth-order valence-electron chi connectivity index (χ4n) is 5.40. The number of rotatable bonds is 2. The molecular formula is C41H39Cl2SiZr-3. The van der Waals surface area contributed by atoms with Gasteiger partial charge in [0.15, 0.2) is 0 Å². The molecule has 0 heterocycles. The second kappa shape index (κ2) is 18.7. The van der Waals surface area contributed by atoms with Crippen LogP contribution in [0.25, 0.3) is 43.8 Å². The van der Waals surface area contributed by atoms with Crippen LogP contribution in [0.3, 0.4) is 0 Å². The van der Waals surface area contributed by atoms with Crippen LogP contribution in [-0.4, -0.2) is 6.88 Å². The van der Waals surface area contributed by atoms with Gasteiger partial charge in [-0.2, -0.15) is 36.8 Å². The van der Waals surface area contributed by atoms with Crippen LogP contribution in [0.1, 0.15) is 27.8 Å². The molecule has 0 N–H and O–H groups in total. The van der Waals surface area contributed by atoms with E-state index in [0.717, 1.165) is 5.56 Å². The summed E-state index contributed by atoms with van der Waals surface area (Å²) in [5, 5.41) is 5.50. The summed E-state index contributed by atoms with van der Waals surface area (Å²) in [6.07, 6.45) is 0. The molecule has 45 heavy (non-hydrogen) atoms. The summed E-state index contributed by atoms with van der Waals surface area (Å²) < 4.78 is 0. The molecule has 0 amide bonds. The van der Waals surface area contributed by atoms with Gasteiger partial charge in [-0.1, -0.05) is 118 Å². The third-order valence-corrected chi connectivity index (χ3v) is 7.51. The Hall–Kier alpha value is -3.13. The Morgan fingerprint density at radius 1 is 0.489 bits per heavy atom. The Morgan fingerprint density at radius 2 is 0.822 bits per heavy atom. The summed E-state index contributed by atoms with van der Waals surface area (Å²) in [5.74, 6) is 0. The number of halogens is 2. The Balaban J connectivity index is 0.000000240. The second-order valence-corrected chi connectivity index (χ2v) is 10.8. The van der Waals surface area contributed by atoms with Gasteiger partial charge in [0.1, 0.15) is 0 Å².